The molecule has 158 valence electrons. The lowest BCUT2D eigenvalue weighted by molar-refractivity contribution is 0.102. The first-order chi connectivity index (χ1) is 15.0. The lowest BCUT2D eigenvalue weighted by Gasteiger charge is -2.30. The van der Waals surface area contributed by atoms with Crippen LogP contribution in [0.2, 0.25) is 0 Å². The van der Waals surface area contributed by atoms with Crippen LogP contribution in [0.5, 0.6) is 0 Å². The first kappa shape index (κ1) is 21.5. The van der Waals surface area contributed by atoms with Gasteiger partial charge in [-0.2, -0.15) is 0 Å². The van der Waals surface area contributed by atoms with Crippen molar-refractivity contribution in [2.24, 2.45) is 10.7 Å². The molecule has 0 bridgehead atoms. The number of aromatic nitrogens is 1. The SMILES string of the molecule is CC1(c2cccc(NC(=O)c3cccnc3CSc3ccccc3)c2)CCSC(N)=N1. The molecule has 1 aliphatic heterocycles. The van der Waals surface area contributed by atoms with Gasteiger partial charge in [-0.05, 0) is 55.3 Å². The van der Waals surface area contributed by atoms with Gasteiger partial charge in [-0.25, -0.2) is 0 Å². The summed E-state index contributed by atoms with van der Waals surface area (Å²) in [4.78, 5) is 23.3. The molecule has 0 radical (unpaired) electrons. The average molecular weight is 449 g/mol. The lowest BCUT2D eigenvalue weighted by Crippen LogP contribution is -2.28. The van der Waals surface area contributed by atoms with Crippen molar-refractivity contribution < 1.29 is 4.79 Å². The summed E-state index contributed by atoms with van der Waals surface area (Å²) in [6.45, 7) is 2.08. The van der Waals surface area contributed by atoms with E-state index in [9.17, 15) is 4.79 Å². The van der Waals surface area contributed by atoms with Crippen molar-refractivity contribution in [3.63, 3.8) is 0 Å². The van der Waals surface area contributed by atoms with Crippen molar-refractivity contribution >= 4 is 40.3 Å². The third-order valence-corrected chi connectivity index (χ3v) is 7.01. The van der Waals surface area contributed by atoms with Gasteiger partial charge in [0.1, 0.15) is 0 Å². The second-order valence-electron chi connectivity index (χ2n) is 7.46. The molecular weight excluding hydrogens is 424 g/mol. The molecule has 2 aromatic carbocycles. The summed E-state index contributed by atoms with van der Waals surface area (Å²) in [5.41, 5.74) is 8.71. The summed E-state index contributed by atoms with van der Waals surface area (Å²) in [5.74, 6) is 1.39. The highest BCUT2D eigenvalue weighted by Gasteiger charge is 2.29. The summed E-state index contributed by atoms with van der Waals surface area (Å²) < 4.78 is 0. The van der Waals surface area contributed by atoms with E-state index in [2.05, 4.69) is 34.3 Å². The van der Waals surface area contributed by atoms with E-state index in [1.807, 2.05) is 48.5 Å². The predicted molar refractivity (Wildman–Crippen MR) is 131 cm³/mol. The van der Waals surface area contributed by atoms with Crippen LogP contribution in [0.15, 0.2) is 82.8 Å². The second kappa shape index (κ2) is 9.58. The number of benzene rings is 2. The summed E-state index contributed by atoms with van der Waals surface area (Å²) in [6.07, 6.45) is 2.63. The maximum atomic E-state index is 13.1. The highest BCUT2D eigenvalue weighted by molar-refractivity contribution is 8.13. The topological polar surface area (TPSA) is 80.4 Å². The molecule has 5 nitrogen and oxygen atoms in total. The minimum absolute atomic E-state index is 0.165. The van der Waals surface area contributed by atoms with Crippen LogP contribution in [0, 0.1) is 0 Å². The number of amidine groups is 1. The minimum Gasteiger partial charge on any atom is -0.379 e. The fourth-order valence-electron chi connectivity index (χ4n) is 3.45. The molecule has 7 heteroatoms. The van der Waals surface area contributed by atoms with Crippen molar-refractivity contribution in [1.82, 2.24) is 4.98 Å². The van der Waals surface area contributed by atoms with Gasteiger partial charge in [0.15, 0.2) is 5.17 Å². The number of aliphatic imine (C=N–C) groups is 1. The van der Waals surface area contributed by atoms with E-state index in [1.54, 1.807) is 35.8 Å². The molecule has 0 saturated heterocycles. The van der Waals surface area contributed by atoms with Gasteiger partial charge >= 0.3 is 0 Å². The van der Waals surface area contributed by atoms with E-state index in [0.717, 1.165) is 34.0 Å². The highest BCUT2D eigenvalue weighted by Crippen LogP contribution is 2.36. The Balaban J connectivity index is 1.51. The molecule has 4 rings (SSSR count). The number of amides is 1. The third-order valence-electron chi connectivity index (χ3n) is 5.19. The van der Waals surface area contributed by atoms with E-state index in [-0.39, 0.29) is 11.4 Å². The van der Waals surface area contributed by atoms with Crippen molar-refractivity contribution in [2.45, 2.75) is 29.5 Å². The molecule has 0 spiro atoms. The van der Waals surface area contributed by atoms with E-state index in [0.29, 0.717) is 16.5 Å². The molecule has 0 saturated carbocycles. The van der Waals surface area contributed by atoms with Crippen molar-refractivity contribution in [3.05, 3.63) is 89.7 Å². The predicted octanol–water partition coefficient (Wildman–Crippen LogP) is 5.29. The van der Waals surface area contributed by atoms with Gasteiger partial charge in [-0.15, -0.1) is 11.8 Å². The number of carbonyl (C=O) groups is 1. The molecule has 0 aliphatic carbocycles. The van der Waals surface area contributed by atoms with Crippen LogP contribution in [-0.2, 0) is 11.3 Å². The number of hydrogen-bond acceptors (Lipinski definition) is 6. The van der Waals surface area contributed by atoms with Crippen molar-refractivity contribution in [1.29, 1.82) is 0 Å². The van der Waals surface area contributed by atoms with Gasteiger partial charge in [0.05, 0.1) is 16.8 Å². The van der Waals surface area contributed by atoms with Crippen LogP contribution in [0.3, 0.4) is 0 Å². The van der Waals surface area contributed by atoms with Gasteiger partial charge in [-0.3, -0.25) is 14.8 Å². The summed E-state index contributed by atoms with van der Waals surface area (Å²) in [5, 5.41) is 3.64. The number of anilines is 1. The molecule has 1 aromatic heterocycles. The molecule has 3 N–H and O–H groups in total. The van der Waals surface area contributed by atoms with Gasteiger partial charge < -0.3 is 11.1 Å². The molecule has 2 heterocycles. The Morgan fingerprint density at radius 3 is 2.81 bits per heavy atom. The number of nitrogens with two attached hydrogens (primary N) is 1. The summed E-state index contributed by atoms with van der Waals surface area (Å²) >= 11 is 3.24. The molecule has 1 unspecified atom stereocenters. The smallest absolute Gasteiger partial charge is 0.257 e. The maximum absolute atomic E-state index is 13.1. The fourth-order valence-corrected chi connectivity index (χ4v) is 5.31. The Kier molecular flexibility index (Phi) is 6.63. The minimum atomic E-state index is -0.373. The number of pyridine rings is 1. The highest BCUT2D eigenvalue weighted by atomic mass is 32.2. The Morgan fingerprint density at radius 2 is 2.00 bits per heavy atom. The van der Waals surface area contributed by atoms with Crippen LogP contribution in [-0.4, -0.2) is 21.8 Å². The van der Waals surface area contributed by atoms with Crippen LogP contribution in [0.1, 0.15) is 35.0 Å². The summed E-state index contributed by atoms with van der Waals surface area (Å²) in [6, 6.07) is 21.6. The lowest BCUT2D eigenvalue weighted by atomic mass is 9.89. The Bertz CT molecular complexity index is 1100. The second-order valence-corrected chi connectivity index (χ2v) is 9.62. The number of thioether (sulfide) groups is 2. The monoisotopic (exact) mass is 448 g/mol. The van der Waals surface area contributed by atoms with Crippen molar-refractivity contribution in [3.8, 4) is 0 Å². The van der Waals surface area contributed by atoms with Crippen LogP contribution in [0.4, 0.5) is 5.69 Å². The summed E-state index contributed by atoms with van der Waals surface area (Å²) in [7, 11) is 0. The number of nitrogens with zero attached hydrogens (tertiary/aromatic N) is 2. The molecule has 0 fully saturated rings. The standard InChI is InChI=1S/C24H24N4OS2/c1-24(12-14-30-23(25)28-24)17-7-5-8-18(15-17)27-22(29)20-11-6-13-26-21(20)16-31-19-9-3-2-4-10-19/h2-11,13,15H,12,14,16H2,1H3,(H2,25,28)(H,27,29). The number of hydrogen-bond donors (Lipinski definition) is 2. The van der Waals surface area contributed by atoms with E-state index in [4.69, 9.17) is 5.73 Å². The first-order valence-electron chi connectivity index (χ1n) is 10.1. The molecule has 31 heavy (non-hydrogen) atoms. The Labute approximate surface area is 191 Å². The van der Waals surface area contributed by atoms with E-state index < -0.39 is 0 Å². The molecule has 1 amide bonds. The zero-order valence-corrected chi connectivity index (χ0v) is 18.9. The first-order valence-corrected chi connectivity index (χ1v) is 12.0. The Hall–Kier alpha value is -2.77. The Morgan fingerprint density at radius 1 is 1.16 bits per heavy atom. The molecule has 1 aliphatic rings. The van der Waals surface area contributed by atoms with Crippen molar-refractivity contribution in [2.75, 3.05) is 11.1 Å². The largest absolute Gasteiger partial charge is 0.379 e. The zero-order valence-electron chi connectivity index (χ0n) is 17.2. The van der Waals surface area contributed by atoms with Crippen LogP contribution < -0.4 is 11.1 Å². The molecular formula is C24H24N4OS2. The van der Waals surface area contributed by atoms with Gasteiger partial charge in [0.2, 0.25) is 0 Å². The van der Waals surface area contributed by atoms with Gasteiger partial charge in [-0.1, -0.05) is 42.1 Å². The third kappa shape index (κ3) is 5.29. The molecule has 3 aromatic rings. The van der Waals surface area contributed by atoms with Crippen LogP contribution in [0.25, 0.3) is 0 Å². The quantitative estimate of drug-likeness (QED) is 0.501. The van der Waals surface area contributed by atoms with E-state index >= 15 is 0 Å². The number of rotatable bonds is 6. The van der Waals surface area contributed by atoms with Crippen LogP contribution >= 0.6 is 23.5 Å². The normalized spacial score (nSPS) is 18.3. The fraction of sp³-hybridized carbons (Fsp3) is 0.208. The average Bonchev–Trinajstić information content (AvgIpc) is 2.78. The maximum Gasteiger partial charge on any atom is 0.257 e. The number of carbonyl (C=O) groups excluding carboxylic acids is 1. The number of nitrogens with one attached hydrogen (secondary N) is 1. The molecule has 1 atom stereocenters. The zero-order chi connectivity index (χ0) is 21.7. The van der Waals surface area contributed by atoms with Gasteiger partial charge in [0, 0.05) is 28.3 Å². The van der Waals surface area contributed by atoms with E-state index in [1.165, 1.54) is 0 Å². The van der Waals surface area contributed by atoms with Gasteiger partial charge in [0.25, 0.3) is 5.91 Å².